The Balaban J connectivity index is 1.84. The molecule has 0 unspecified atom stereocenters. The second-order valence-corrected chi connectivity index (χ2v) is 6.88. The Morgan fingerprint density at radius 3 is 2.77 bits per heavy atom. The van der Waals surface area contributed by atoms with Crippen LogP contribution < -0.4 is 0 Å². The fourth-order valence-corrected chi connectivity index (χ4v) is 3.89. The van der Waals surface area contributed by atoms with Gasteiger partial charge >= 0.3 is 6.55 Å². The van der Waals surface area contributed by atoms with Gasteiger partial charge in [-0.1, -0.05) is 23.9 Å². The Hall–Kier alpha value is -1.73. The van der Waals surface area contributed by atoms with Crippen molar-refractivity contribution in [3.63, 3.8) is 0 Å². The van der Waals surface area contributed by atoms with Gasteiger partial charge in [0.2, 0.25) is 0 Å². The summed E-state index contributed by atoms with van der Waals surface area (Å²) in [6, 6.07) is 10.4. The van der Waals surface area contributed by atoms with E-state index in [1.165, 1.54) is 11.3 Å². The van der Waals surface area contributed by atoms with Crippen molar-refractivity contribution in [3.8, 4) is 0 Å². The Bertz CT molecular complexity index is 826. The van der Waals surface area contributed by atoms with E-state index in [1.54, 1.807) is 30.3 Å². The number of alkyl halides is 2. The average Bonchev–Trinajstić information content (AvgIpc) is 3.07. The van der Waals surface area contributed by atoms with Crippen molar-refractivity contribution >= 4 is 39.9 Å². The third-order valence-corrected chi connectivity index (χ3v) is 5.10. The van der Waals surface area contributed by atoms with Crippen LogP contribution >= 0.6 is 23.1 Å². The van der Waals surface area contributed by atoms with Gasteiger partial charge in [0.1, 0.15) is 0 Å². The molecule has 114 valence electrons. The second kappa shape index (κ2) is 6.18. The lowest BCUT2D eigenvalue weighted by Gasteiger charge is -2.06. The molecule has 2 aromatic heterocycles. The summed E-state index contributed by atoms with van der Waals surface area (Å²) in [4.78, 5) is 18.0. The van der Waals surface area contributed by atoms with Gasteiger partial charge < -0.3 is 0 Å². The number of halogens is 2. The molecule has 3 nitrogen and oxygen atoms in total. The molecule has 0 atom stereocenters. The minimum absolute atomic E-state index is 0.0732. The summed E-state index contributed by atoms with van der Waals surface area (Å²) in [6.45, 7) is -0.765. The minimum Gasteiger partial charge on any atom is -0.292 e. The number of thioether (sulfide) groups is 1. The molecule has 0 fully saturated rings. The van der Waals surface area contributed by atoms with Crippen molar-refractivity contribution in [1.29, 1.82) is 0 Å². The summed E-state index contributed by atoms with van der Waals surface area (Å²) in [5.41, 5.74) is 0.879. The number of ketones is 1. The van der Waals surface area contributed by atoms with Crippen LogP contribution in [0.3, 0.4) is 0 Å². The van der Waals surface area contributed by atoms with Crippen LogP contribution in [-0.4, -0.2) is 21.1 Å². The number of carbonyl (C=O) groups excluding carboxylic acids is 1. The fourth-order valence-electron chi connectivity index (χ4n) is 2.10. The number of para-hydroxylation sites is 2. The first-order valence-electron chi connectivity index (χ1n) is 6.54. The highest BCUT2D eigenvalue weighted by Gasteiger charge is 2.19. The molecule has 0 aliphatic rings. The van der Waals surface area contributed by atoms with Crippen LogP contribution in [0.4, 0.5) is 8.78 Å². The van der Waals surface area contributed by atoms with Crippen LogP contribution in [0.15, 0.2) is 41.6 Å². The quantitative estimate of drug-likeness (QED) is 0.496. The summed E-state index contributed by atoms with van der Waals surface area (Å²) < 4.78 is 27.4. The summed E-state index contributed by atoms with van der Waals surface area (Å²) in [7, 11) is 0. The number of nitrogens with zero attached hydrogens (tertiary/aromatic N) is 2. The largest absolute Gasteiger partial charge is 0.321 e. The van der Waals surface area contributed by atoms with Crippen LogP contribution in [0.2, 0.25) is 0 Å². The van der Waals surface area contributed by atoms with E-state index in [0.717, 1.165) is 21.2 Å². The first-order valence-corrected chi connectivity index (χ1v) is 8.34. The average molecular weight is 338 g/mol. The number of aryl methyl sites for hydroxylation is 1. The highest BCUT2D eigenvalue weighted by atomic mass is 32.2. The number of carbonyl (C=O) groups is 1. The summed E-state index contributed by atoms with van der Waals surface area (Å²) in [6.07, 6.45) is 0. The van der Waals surface area contributed by atoms with Gasteiger partial charge in [-0.25, -0.2) is 4.98 Å². The molecule has 0 aliphatic heterocycles. The summed E-state index contributed by atoms with van der Waals surface area (Å²) >= 11 is 2.45. The molecule has 7 heteroatoms. The molecule has 0 aliphatic carbocycles. The molecule has 22 heavy (non-hydrogen) atoms. The van der Waals surface area contributed by atoms with Crippen molar-refractivity contribution in [2.24, 2.45) is 0 Å². The molecule has 3 rings (SSSR count). The van der Waals surface area contributed by atoms with Crippen LogP contribution in [0.1, 0.15) is 21.1 Å². The molecule has 0 saturated heterocycles. The number of fused-ring (bicyclic) bond motifs is 1. The van der Waals surface area contributed by atoms with Crippen molar-refractivity contribution in [2.45, 2.75) is 18.6 Å². The molecule has 0 radical (unpaired) electrons. The zero-order valence-corrected chi connectivity index (χ0v) is 13.3. The molecular formula is C15H12F2N2OS2. The van der Waals surface area contributed by atoms with Crippen molar-refractivity contribution < 1.29 is 13.6 Å². The molecule has 0 spiro atoms. The van der Waals surface area contributed by atoms with Crippen molar-refractivity contribution in [2.75, 3.05) is 5.75 Å². The number of imidazole rings is 1. The predicted octanol–water partition coefficient (Wildman–Crippen LogP) is 4.78. The van der Waals surface area contributed by atoms with E-state index in [0.29, 0.717) is 15.9 Å². The number of benzene rings is 1. The SMILES string of the molecule is Cc1ccc(C(=O)CSc2nc3ccccc3n2C(F)F)s1. The maximum Gasteiger partial charge on any atom is 0.321 e. The summed E-state index contributed by atoms with van der Waals surface area (Å²) in [5.74, 6) is 0.0201. The Morgan fingerprint density at radius 2 is 2.09 bits per heavy atom. The molecule has 2 heterocycles. The van der Waals surface area contributed by atoms with Gasteiger partial charge in [-0.2, -0.15) is 8.78 Å². The van der Waals surface area contributed by atoms with Crippen LogP contribution in [0.25, 0.3) is 11.0 Å². The van der Waals surface area contributed by atoms with Crippen molar-refractivity contribution in [1.82, 2.24) is 9.55 Å². The normalized spacial score (nSPS) is 11.5. The topological polar surface area (TPSA) is 34.9 Å². The van der Waals surface area contributed by atoms with Gasteiger partial charge in [0.25, 0.3) is 0 Å². The number of thiophene rings is 1. The second-order valence-electron chi connectivity index (χ2n) is 4.65. The van der Waals surface area contributed by atoms with Crippen LogP contribution in [0, 0.1) is 6.92 Å². The van der Waals surface area contributed by atoms with E-state index in [1.807, 2.05) is 13.0 Å². The van der Waals surface area contributed by atoms with E-state index < -0.39 is 6.55 Å². The molecule has 1 aromatic carbocycles. The molecule has 0 saturated carbocycles. The van der Waals surface area contributed by atoms with E-state index in [4.69, 9.17) is 0 Å². The van der Waals surface area contributed by atoms with Crippen LogP contribution in [0.5, 0.6) is 0 Å². The number of hydrogen-bond donors (Lipinski definition) is 0. The zero-order valence-electron chi connectivity index (χ0n) is 11.6. The highest BCUT2D eigenvalue weighted by Crippen LogP contribution is 2.30. The monoisotopic (exact) mass is 338 g/mol. The maximum absolute atomic E-state index is 13.3. The third kappa shape index (κ3) is 2.91. The van der Waals surface area contributed by atoms with E-state index in [2.05, 4.69) is 4.98 Å². The number of Topliss-reactive ketones (excluding diaryl/α,β-unsaturated/α-hetero) is 1. The molecule has 0 N–H and O–H groups in total. The minimum atomic E-state index is -2.69. The van der Waals surface area contributed by atoms with Gasteiger partial charge in [-0.3, -0.25) is 9.36 Å². The van der Waals surface area contributed by atoms with Gasteiger partial charge in [0, 0.05) is 4.88 Å². The highest BCUT2D eigenvalue weighted by molar-refractivity contribution is 7.99. The van der Waals surface area contributed by atoms with Gasteiger partial charge in [0.15, 0.2) is 10.9 Å². The van der Waals surface area contributed by atoms with Gasteiger partial charge in [-0.15, -0.1) is 11.3 Å². The Morgan fingerprint density at radius 1 is 1.32 bits per heavy atom. The lowest BCUT2D eigenvalue weighted by atomic mass is 10.3. The first-order chi connectivity index (χ1) is 10.6. The molecular weight excluding hydrogens is 326 g/mol. The number of aromatic nitrogens is 2. The van der Waals surface area contributed by atoms with Crippen LogP contribution in [-0.2, 0) is 0 Å². The smallest absolute Gasteiger partial charge is 0.292 e. The lowest BCUT2D eigenvalue weighted by Crippen LogP contribution is -2.04. The number of rotatable bonds is 5. The maximum atomic E-state index is 13.3. The Kier molecular flexibility index (Phi) is 4.26. The third-order valence-electron chi connectivity index (χ3n) is 3.11. The standard InChI is InChI=1S/C15H12F2N2OS2/c1-9-6-7-13(22-9)12(20)8-21-15-18-10-4-2-3-5-11(10)19(15)14(16)17/h2-7,14H,8H2,1H3. The van der Waals surface area contributed by atoms with E-state index in [-0.39, 0.29) is 16.7 Å². The number of hydrogen-bond acceptors (Lipinski definition) is 4. The Labute approximate surface area is 134 Å². The van der Waals surface area contributed by atoms with E-state index in [9.17, 15) is 13.6 Å². The molecule has 0 bridgehead atoms. The fraction of sp³-hybridized carbons (Fsp3) is 0.200. The molecule has 3 aromatic rings. The van der Waals surface area contributed by atoms with Gasteiger partial charge in [0.05, 0.1) is 21.7 Å². The molecule has 0 amide bonds. The van der Waals surface area contributed by atoms with Gasteiger partial charge in [-0.05, 0) is 31.2 Å². The van der Waals surface area contributed by atoms with E-state index >= 15 is 0 Å². The zero-order chi connectivity index (χ0) is 15.7. The predicted molar refractivity (Wildman–Crippen MR) is 85.1 cm³/mol. The van der Waals surface area contributed by atoms with Crippen molar-refractivity contribution in [3.05, 3.63) is 46.2 Å². The lowest BCUT2D eigenvalue weighted by molar-refractivity contribution is 0.0656. The first kappa shape index (κ1) is 15.2. The summed E-state index contributed by atoms with van der Waals surface area (Å²) in [5, 5.41) is 0.165.